The van der Waals surface area contributed by atoms with Crippen molar-refractivity contribution in [3.63, 3.8) is 0 Å². The van der Waals surface area contributed by atoms with Crippen LogP contribution in [0.2, 0.25) is 0 Å². The summed E-state index contributed by atoms with van der Waals surface area (Å²) in [6, 6.07) is 9.58. The molecule has 0 saturated carbocycles. The molecular formula is C17H27NO. The van der Waals surface area contributed by atoms with E-state index < -0.39 is 0 Å². The first-order chi connectivity index (χ1) is 9.22. The average molecular weight is 261 g/mol. The van der Waals surface area contributed by atoms with Crippen molar-refractivity contribution < 1.29 is 4.74 Å². The van der Waals surface area contributed by atoms with Gasteiger partial charge in [0.25, 0.3) is 0 Å². The number of rotatable bonds is 6. The fraction of sp³-hybridized carbons (Fsp3) is 0.647. The SMILES string of the molecule is CCCNC(c1ccc(C(C)C)cc1)C1CCOC1. The quantitative estimate of drug-likeness (QED) is 0.839. The van der Waals surface area contributed by atoms with Gasteiger partial charge in [-0.25, -0.2) is 0 Å². The Morgan fingerprint density at radius 3 is 2.42 bits per heavy atom. The van der Waals surface area contributed by atoms with Crippen LogP contribution in [0.3, 0.4) is 0 Å². The van der Waals surface area contributed by atoms with Crippen LogP contribution in [-0.2, 0) is 4.74 Å². The topological polar surface area (TPSA) is 21.3 Å². The largest absolute Gasteiger partial charge is 0.381 e. The van der Waals surface area contributed by atoms with E-state index in [1.54, 1.807) is 0 Å². The van der Waals surface area contributed by atoms with Gasteiger partial charge in [-0.2, -0.15) is 0 Å². The third kappa shape index (κ3) is 3.80. The lowest BCUT2D eigenvalue weighted by Gasteiger charge is -2.24. The van der Waals surface area contributed by atoms with Crippen molar-refractivity contribution in [1.82, 2.24) is 5.32 Å². The molecular weight excluding hydrogens is 234 g/mol. The Hall–Kier alpha value is -0.860. The minimum absolute atomic E-state index is 0.448. The number of benzene rings is 1. The van der Waals surface area contributed by atoms with Gasteiger partial charge in [-0.3, -0.25) is 0 Å². The summed E-state index contributed by atoms with van der Waals surface area (Å²) in [5.74, 6) is 1.22. The van der Waals surface area contributed by atoms with E-state index in [0.29, 0.717) is 17.9 Å². The molecule has 1 N–H and O–H groups in total. The van der Waals surface area contributed by atoms with Gasteiger partial charge in [-0.1, -0.05) is 45.0 Å². The molecule has 106 valence electrons. The van der Waals surface area contributed by atoms with Crippen LogP contribution in [0.4, 0.5) is 0 Å². The van der Waals surface area contributed by atoms with Crippen molar-refractivity contribution in [1.29, 1.82) is 0 Å². The van der Waals surface area contributed by atoms with Gasteiger partial charge >= 0.3 is 0 Å². The molecule has 19 heavy (non-hydrogen) atoms. The minimum Gasteiger partial charge on any atom is -0.381 e. The Morgan fingerprint density at radius 2 is 1.89 bits per heavy atom. The van der Waals surface area contributed by atoms with Gasteiger partial charge in [0, 0.05) is 18.6 Å². The highest BCUT2D eigenvalue weighted by atomic mass is 16.5. The molecule has 1 aromatic carbocycles. The van der Waals surface area contributed by atoms with Crippen LogP contribution in [0.15, 0.2) is 24.3 Å². The maximum absolute atomic E-state index is 5.56. The van der Waals surface area contributed by atoms with Crippen LogP contribution < -0.4 is 5.32 Å². The monoisotopic (exact) mass is 261 g/mol. The molecule has 2 heteroatoms. The summed E-state index contributed by atoms with van der Waals surface area (Å²) < 4.78 is 5.56. The molecule has 0 aliphatic carbocycles. The number of hydrogen-bond donors (Lipinski definition) is 1. The van der Waals surface area contributed by atoms with Crippen molar-refractivity contribution in [2.45, 2.75) is 45.6 Å². The number of ether oxygens (including phenoxy) is 1. The second-order valence-electron chi connectivity index (χ2n) is 5.88. The van der Waals surface area contributed by atoms with Gasteiger partial charge < -0.3 is 10.1 Å². The first-order valence-electron chi connectivity index (χ1n) is 7.63. The second-order valence-corrected chi connectivity index (χ2v) is 5.88. The van der Waals surface area contributed by atoms with Crippen LogP contribution in [0.1, 0.15) is 56.7 Å². The van der Waals surface area contributed by atoms with Gasteiger partial charge in [0.2, 0.25) is 0 Å². The first-order valence-corrected chi connectivity index (χ1v) is 7.63. The highest BCUT2D eigenvalue weighted by molar-refractivity contribution is 5.27. The Morgan fingerprint density at radius 1 is 1.21 bits per heavy atom. The van der Waals surface area contributed by atoms with E-state index in [0.717, 1.165) is 19.8 Å². The molecule has 1 aliphatic heterocycles. The molecule has 0 bridgehead atoms. The third-order valence-electron chi connectivity index (χ3n) is 4.01. The van der Waals surface area contributed by atoms with Gasteiger partial charge in [-0.15, -0.1) is 0 Å². The molecule has 2 rings (SSSR count). The fourth-order valence-corrected chi connectivity index (χ4v) is 2.76. The number of hydrogen-bond acceptors (Lipinski definition) is 2. The summed E-state index contributed by atoms with van der Waals surface area (Å²) in [4.78, 5) is 0. The molecule has 0 amide bonds. The van der Waals surface area contributed by atoms with E-state index in [4.69, 9.17) is 4.74 Å². The Balaban J connectivity index is 2.11. The molecule has 2 nitrogen and oxygen atoms in total. The smallest absolute Gasteiger partial charge is 0.0513 e. The van der Waals surface area contributed by atoms with E-state index in [2.05, 4.69) is 50.4 Å². The molecule has 0 spiro atoms. The van der Waals surface area contributed by atoms with Crippen LogP contribution in [-0.4, -0.2) is 19.8 Å². The summed E-state index contributed by atoms with van der Waals surface area (Å²) >= 11 is 0. The number of nitrogens with one attached hydrogen (secondary N) is 1. The van der Waals surface area contributed by atoms with E-state index in [-0.39, 0.29) is 0 Å². The first kappa shape index (κ1) is 14.5. The highest BCUT2D eigenvalue weighted by Crippen LogP contribution is 2.29. The molecule has 1 heterocycles. The van der Waals surface area contributed by atoms with Crippen LogP contribution in [0.5, 0.6) is 0 Å². The fourth-order valence-electron chi connectivity index (χ4n) is 2.76. The highest BCUT2D eigenvalue weighted by Gasteiger charge is 2.26. The zero-order valence-corrected chi connectivity index (χ0v) is 12.5. The molecule has 2 atom stereocenters. The molecule has 1 aliphatic rings. The van der Waals surface area contributed by atoms with E-state index in [1.165, 1.54) is 24.0 Å². The zero-order chi connectivity index (χ0) is 13.7. The summed E-state index contributed by atoms with van der Waals surface area (Å²) in [5.41, 5.74) is 2.83. The van der Waals surface area contributed by atoms with Crippen molar-refractivity contribution in [2.24, 2.45) is 5.92 Å². The lowest BCUT2D eigenvalue weighted by atomic mass is 9.90. The lowest BCUT2D eigenvalue weighted by Crippen LogP contribution is -2.29. The van der Waals surface area contributed by atoms with Crippen LogP contribution in [0, 0.1) is 5.92 Å². The van der Waals surface area contributed by atoms with Gasteiger partial charge in [-0.05, 0) is 36.4 Å². The molecule has 0 radical (unpaired) electrons. The Kier molecular flexibility index (Phi) is 5.41. The van der Waals surface area contributed by atoms with E-state index in [1.807, 2.05) is 0 Å². The predicted octanol–water partition coefficient (Wildman–Crippen LogP) is 3.89. The summed E-state index contributed by atoms with van der Waals surface area (Å²) in [7, 11) is 0. The Labute approximate surface area is 117 Å². The van der Waals surface area contributed by atoms with Crippen molar-refractivity contribution >= 4 is 0 Å². The minimum atomic E-state index is 0.448. The summed E-state index contributed by atoms with van der Waals surface area (Å²) in [5, 5.41) is 3.70. The Bertz CT molecular complexity index is 365. The average Bonchev–Trinajstić information content (AvgIpc) is 2.94. The van der Waals surface area contributed by atoms with E-state index in [9.17, 15) is 0 Å². The molecule has 1 aromatic rings. The van der Waals surface area contributed by atoms with Crippen LogP contribution in [0.25, 0.3) is 0 Å². The predicted molar refractivity (Wildman–Crippen MR) is 80.5 cm³/mol. The van der Waals surface area contributed by atoms with Gasteiger partial charge in [0.05, 0.1) is 6.61 Å². The van der Waals surface area contributed by atoms with Crippen molar-refractivity contribution in [3.8, 4) is 0 Å². The normalized spacial score (nSPS) is 20.9. The molecule has 2 unspecified atom stereocenters. The van der Waals surface area contributed by atoms with Crippen molar-refractivity contribution in [2.75, 3.05) is 19.8 Å². The van der Waals surface area contributed by atoms with Gasteiger partial charge in [0.15, 0.2) is 0 Å². The molecule has 1 saturated heterocycles. The molecule has 0 aromatic heterocycles. The second kappa shape index (κ2) is 7.06. The lowest BCUT2D eigenvalue weighted by molar-refractivity contribution is 0.176. The van der Waals surface area contributed by atoms with Crippen molar-refractivity contribution in [3.05, 3.63) is 35.4 Å². The third-order valence-corrected chi connectivity index (χ3v) is 4.01. The van der Waals surface area contributed by atoms with Gasteiger partial charge in [0.1, 0.15) is 0 Å². The van der Waals surface area contributed by atoms with E-state index >= 15 is 0 Å². The maximum Gasteiger partial charge on any atom is 0.0513 e. The zero-order valence-electron chi connectivity index (χ0n) is 12.5. The summed E-state index contributed by atoms with van der Waals surface area (Å²) in [6.45, 7) is 9.59. The van der Waals surface area contributed by atoms with Crippen LogP contribution >= 0.6 is 0 Å². The summed E-state index contributed by atoms with van der Waals surface area (Å²) in [6.07, 6.45) is 2.35. The standard InChI is InChI=1S/C17H27NO/c1-4-10-18-17(16-9-11-19-12-16)15-7-5-14(6-8-15)13(2)3/h5-8,13,16-18H,4,9-12H2,1-3H3. The molecule has 1 fully saturated rings. The maximum atomic E-state index is 5.56.